The molecule has 0 aliphatic rings. The van der Waals surface area contributed by atoms with Crippen LogP contribution in [0, 0.1) is 5.92 Å². The Morgan fingerprint density at radius 3 is 2.28 bits per heavy atom. The summed E-state index contributed by atoms with van der Waals surface area (Å²) in [6.07, 6.45) is 0. The van der Waals surface area contributed by atoms with Gasteiger partial charge in [-0.05, 0) is 30.2 Å². The summed E-state index contributed by atoms with van der Waals surface area (Å²) in [5.41, 5.74) is 5.28. The average molecular weight is 414 g/mol. The Balaban J connectivity index is 2.61. The molecule has 0 unspecified atom stereocenters. The van der Waals surface area contributed by atoms with Crippen molar-refractivity contribution in [1.29, 1.82) is 0 Å². The summed E-state index contributed by atoms with van der Waals surface area (Å²) in [6, 6.07) is 5.72. The number of benzene rings is 1. The van der Waals surface area contributed by atoms with E-state index in [2.05, 4.69) is 26.6 Å². The molecule has 0 aliphatic heterocycles. The lowest BCUT2D eigenvalue weighted by Crippen LogP contribution is -2.46. The number of primary amides is 1. The monoisotopic (exact) mass is 413 g/mol. The molecular weight excluding hydrogens is 394 g/mol. The van der Waals surface area contributed by atoms with Crippen LogP contribution in [0.3, 0.4) is 0 Å². The number of hydrogen-bond donors (Lipinski definition) is 3. The highest BCUT2D eigenvalue weighted by molar-refractivity contribution is 9.10. The highest BCUT2D eigenvalue weighted by atomic mass is 79.9. The molecule has 1 aromatic carbocycles. The van der Waals surface area contributed by atoms with E-state index in [-0.39, 0.29) is 12.5 Å². The van der Waals surface area contributed by atoms with Crippen LogP contribution in [0.1, 0.15) is 24.2 Å². The Kier molecular flexibility index (Phi) is 8.06. The van der Waals surface area contributed by atoms with Crippen LogP contribution in [0.25, 0.3) is 0 Å². The Bertz CT molecular complexity index is 646. The number of halogens is 1. The molecule has 0 saturated carbocycles. The Labute approximate surface area is 153 Å². The summed E-state index contributed by atoms with van der Waals surface area (Å²) in [7, 11) is 0. The van der Waals surface area contributed by atoms with E-state index in [1.54, 1.807) is 38.1 Å². The largest absolute Gasteiger partial charge is 0.454 e. The lowest BCUT2D eigenvalue weighted by atomic mass is 10.0. The fraction of sp³-hybridized carbons (Fsp3) is 0.375. The Morgan fingerprint density at radius 1 is 1.16 bits per heavy atom. The fourth-order valence-electron chi connectivity index (χ4n) is 1.79. The van der Waals surface area contributed by atoms with Gasteiger partial charge in [-0.15, -0.1) is 0 Å². The first kappa shape index (κ1) is 20.6. The van der Waals surface area contributed by atoms with Crippen LogP contribution in [0.4, 0.5) is 0 Å². The van der Waals surface area contributed by atoms with Crippen molar-refractivity contribution < 1.29 is 23.9 Å². The minimum atomic E-state index is -0.917. The van der Waals surface area contributed by atoms with E-state index in [4.69, 9.17) is 10.5 Å². The molecule has 8 nitrogen and oxygen atoms in total. The summed E-state index contributed by atoms with van der Waals surface area (Å²) in [6.45, 7) is 2.57. The first-order valence-corrected chi connectivity index (χ1v) is 8.28. The topological polar surface area (TPSA) is 128 Å². The first-order valence-electron chi connectivity index (χ1n) is 7.48. The van der Waals surface area contributed by atoms with Crippen LogP contribution in [-0.4, -0.2) is 42.9 Å². The third-order valence-corrected chi connectivity index (χ3v) is 3.65. The zero-order valence-electron chi connectivity index (χ0n) is 13.9. The summed E-state index contributed by atoms with van der Waals surface area (Å²) >= 11 is 3.27. The number of nitrogens with one attached hydrogen (secondary N) is 2. The molecule has 1 rings (SSSR count). The molecule has 4 N–H and O–H groups in total. The van der Waals surface area contributed by atoms with Crippen LogP contribution in [0.2, 0.25) is 0 Å². The maximum Gasteiger partial charge on any atom is 0.329 e. The molecule has 1 aromatic rings. The van der Waals surface area contributed by atoms with Crippen molar-refractivity contribution in [3.8, 4) is 0 Å². The van der Waals surface area contributed by atoms with Crippen LogP contribution >= 0.6 is 15.9 Å². The number of amides is 3. The van der Waals surface area contributed by atoms with Crippen LogP contribution in [0.5, 0.6) is 0 Å². The molecule has 1 atom stereocenters. The van der Waals surface area contributed by atoms with E-state index in [0.29, 0.717) is 5.56 Å². The minimum Gasteiger partial charge on any atom is -0.454 e. The van der Waals surface area contributed by atoms with E-state index < -0.39 is 36.3 Å². The smallest absolute Gasteiger partial charge is 0.329 e. The molecule has 0 fully saturated rings. The number of rotatable bonds is 8. The zero-order chi connectivity index (χ0) is 19.0. The van der Waals surface area contributed by atoms with Crippen LogP contribution < -0.4 is 16.4 Å². The van der Waals surface area contributed by atoms with Gasteiger partial charge < -0.3 is 21.1 Å². The maximum absolute atomic E-state index is 12.2. The number of hydrogen-bond acceptors (Lipinski definition) is 5. The van der Waals surface area contributed by atoms with E-state index >= 15 is 0 Å². The van der Waals surface area contributed by atoms with Crippen molar-refractivity contribution in [2.75, 3.05) is 13.2 Å². The lowest BCUT2D eigenvalue weighted by molar-refractivity contribution is -0.151. The molecule has 3 amide bonds. The molecule has 136 valence electrons. The summed E-state index contributed by atoms with van der Waals surface area (Å²) in [5, 5.41) is 4.79. The van der Waals surface area contributed by atoms with Gasteiger partial charge in [0.1, 0.15) is 6.04 Å². The molecule has 0 heterocycles. The first-order chi connectivity index (χ1) is 11.7. The normalized spacial score (nSPS) is 11.5. The minimum absolute atomic E-state index is 0.249. The second-order valence-corrected chi connectivity index (χ2v) is 6.47. The Morgan fingerprint density at radius 2 is 1.76 bits per heavy atom. The average Bonchev–Trinajstić information content (AvgIpc) is 2.55. The third-order valence-electron chi connectivity index (χ3n) is 3.12. The van der Waals surface area contributed by atoms with Crippen LogP contribution in [0.15, 0.2) is 28.7 Å². The van der Waals surface area contributed by atoms with Crippen molar-refractivity contribution >= 4 is 39.6 Å². The van der Waals surface area contributed by atoms with Gasteiger partial charge >= 0.3 is 5.97 Å². The van der Waals surface area contributed by atoms with Gasteiger partial charge in [0.25, 0.3) is 11.8 Å². The van der Waals surface area contributed by atoms with Crippen molar-refractivity contribution in [1.82, 2.24) is 10.6 Å². The van der Waals surface area contributed by atoms with E-state index in [0.717, 1.165) is 4.47 Å². The molecular formula is C16H20BrN3O5. The van der Waals surface area contributed by atoms with Gasteiger partial charge in [0, 0.05) is 10.0 Å². The molecule has 0 spiro atoms. The summed E-state index contributed by atoms with van der Waals surface area (Å²) in [5.74, 6) is -2.79. The van der Waals surface area contributed by atoms with Gasteiger partial charge in [0.05, 0.1) is 6.54 Å². The van der Waals surface area contributed by atoms with Gasteiger partial charge in [-0.2, -0.15) is 0 Å². The van der Waals surface area contributed by atoms with Crippen LogP contribution in [-0.2, 0) is 19.1 Å². The molecule has 0 radical (unpaired) electrons. The predicted octanol–water partition coefficient (Wildman–Crippen LogP) is 0.348. The predicted molar refractivity (Wildman–Crippen MR) is 93.4 cm³/mol. The van der Waals surface area contributed by atoms with Gasteiger partial charge in [-0.1, -0.05) is 29.8 Å². The van der Waals surface area contributed by atoms with Crippen molar-refractivity contribution in [3.63, 3.8) is 0 Å². The van der Waals surface area contributed by atoms with E-state index in [9.17, 15) is 19.2 Å². The zero-order valence-corrected chi connectivity index (χ0v) is 15.5. The lowest BCUT2D eigenvalue weighted by Gasteiger charge is -2.20. The molecule has 25 heavy (non-hydrogen) atoms. The third kappa shape index (κ3) is 7.34. The molecule has 0 aromatic heterocycles. The SMILES string of the molecule is CC(C)[C@H](NC(=O)c1ccc(Br)cc1)C(=O)OCC(=O)NCC(N)=O. The van der Waals surface area contributed by atoms with Crippen molar-refractivity contribution in [2.24, 2.45) is 11.7 Å². The van der Waals surface area contributed by atoms with Gasteiger partial charge in [0.15, 0.2) is 6.61 Å². The van der Waals surface area contributed by atoms with Gasteiger partial charge in [-0.25, -0.2) is 4.79 Å². The Hall–Kier alpha value is -2.42. The summed E-state index contributed by atoms with van der Waals surface area (Å²) < 4.78 is 5.71. The highest BCUT2D eigenvalue weighted by Crippen LogP contribution is 2.11. The standard InChI is InChI=1S/C16H20BrN3O5/c1-9(2)14(16(24)25-8-13(22)19-7-12(18)21)20-15(23)10-3-5-11(17)6-4-10/h3-6,9,14H,7-8H2,1-2H3,(H2,18,21)(H,19,22)(H,20,23)/t14-/m0/s1. The van der Waals surface area contributed by atoms with E-state index in [1.165, 1.54) is 0 Å². The van der Waals surface area contributed by atoms with Gasteiger partial charge in [-0.3, -0.25) is 14.4 Å². The number of ether oxygens (including phenoxy) is 1. The molecule has 0 saturated heterocycles. The van der Waals surface area contributed by atoms with Crippen molar-refractivity contribution in [2.45, 2.75) is 19.9 Å². The molecule has 9 heteroatoms. The highest BCUT2D eigenvalue weighted by Gasteiger charge is 2.26. The molecule has 0 aliphatic carbocycles. The fourth-order valence-corrected chi connectivity index (χ4v) is 2.05. The quantitative estimate of drug-likeness (QED) is 0.529. The van der Waals surface area contributed by atoms with Crippen molar-refractivity contribution in [3.05, 3.63) is 34.3 Å². The number of carbonyl (C=O) groups excluding carboxylic acids is 4. The number of esters is 1. The molecule has 0 bridgehead atoms. The number of nitrogens with two attached hydrogens (primary N) is 1. The number of carbonyl (C=O) groups is 4. The second-order valence-electron chi connectivity index (χ2n) is 5.55. The second kappa shape index (κ2) is 9.77. The van der Waals surface area contributed by atoms with Gasteiger partial charge in [0.2, 0.25) is 5.91 Å². The van der Waals surface area contributed by atoms with E-state index in [1.807, 2.05) is 0 Å². The maximum atomic E-state index is 12.2. The summed E-state index contributed by atoms with van der Waals surface area (Å²) in [4.78, 5) is 46.4.